The third-order valence-electron chi connectivity index (χ3n) is 3.12. The fourth-order valence-electron chi connectivity index (χ4n) is 2.25. The molecule has 1 nitrogen and oxygen atoms in total. The van der Waals surface area contributed by atoms with Gasteiger partial charge in [0.05, 0.1) is 0 Å². The van der Waals surface area contributed by atoms with Crippen LogP contribution in [0.25, 0.3) is 0 Å². The lowest BCUT2D eigenvalue weighted by molar-refractivity contribution is 0.652. The van der Waals surface area contributed by atoms with Crippen LogP contribution in [0.2, 0.25) is 0 Å². The van der Waals surface area contributed by atoms with Gasteiger partial charge in [0, 0.05) is 12.0 Å². The van der Waals surface area contributed by atoms with Gasteiger partial charge in [0.1, 0.15) is 0 Å². The first-order valence-electron chi connectivity index (χ1n) is 6.32. The van der Waals surface area contributed by atoms with E-state index in [2.05, 4.69) is 50.8 Å². The van der Waals surface area contributed by atoms with Crippen molar-refractivity contribution >= 4 is 0 Å². The zero-order valence-electron chi connectivity index (χ0n) is 10.9. The second-order valence-corrected chi connectivity index (χ2v) is 4.31. The Morgan fingerprint density at radius 2 is 2.00 bits per heavy atom. The molecule has 92 valence electrons. The van der Waals surface area contributed by atoms with Crippen LogP contribution in [-0.2, 0) is 0 Å². The highest BCUT2D eigenvalue weighted by molar-refractivity contribution is 5.32. The van der Waals surface area contributed by atoms with Gasteiger partial charge in [-0.15, -0.1) is 6.58 Å². The second-order valence-electron chi connectivity index (χ2n) is 4.31. The van der Waals surface area contributed by atoms with Crippen molar-refractivity contribution in [1.82, 2.24) is 0 Å². The Morgan fingerprint density at radius 1 is 1.35 bits per heavy atom. The predicted octanol–water partition coefficient (Wildman–Crippen LogP) is 4.03. The molecule has 1 aromatic rings. The molecule has 0 bridgehead atoms. The van der Waals surface area contributed by atoms with Gasteiger partial charge in [-0.1, -0.05) is 61.4 Å². The molecule has 2 atom stereocenters. The van der Waals surface area contributed by atoms with Crippen molar-refractivity contribution in [3.63, 3.8) is 0 Å². The Balaban J connectivity index is 3.08. The minimum Gasteiger partial charge on any atom is -0.324 e. The summed E-state index contributed by atoms with van der Waals surface area (Å²) in [6.45, 7) is 8.12. The molecule has 1 aromatic carbocycles. The molecule has 0 heterocycles. The maximum Gasteiger partial charge on any atom is 0.0328 e. The number of hydrogen-bond acceptors (Lipinski definition) is 1. The number of hydrogen-bond donors (Lipinski definition) is 1. The maximum absolute atomic E-state index is 6.20. The second kappa shape index (κ2) is 7.08. The molecule has 0 radical (unpaired) electrons. The summed E-state index contributed by atoms with van der Waals surface area (Å²) in [7, 11) is 0. The van der Waals surface area contributed by atoms with E-state index in [0.717, 1.165) is 12.8 Å². The van der Waals surface area contributed by atoms with E-state index >= 15 is 0 Å². The predicted molar refractivity (Wildman–Crippen MR) is 76.0 cm³/mol. The molecule has 0 saturated heterocycles. The number of nitrogens with two attached hydrogens (primary N) is 1. The lowest BCUT2D eigenvalue weighted by Crippen LogP contribution is -2.27. The van der Waals surface area contributed by atoms with Gasteiger partial charge in [0.15, 0.2) is 0 Å². The normalized spacial score (nSPS) is 15.4. The van der Waals surface area contributed by atoms with Crippen molar-refractivity contribution in [1.29, 1.82) is 0 Å². The topological polar surface area (TPSA) is 26.0 Å². The van der Waals surface area contributed by atoms with Crippen LogP contribution in [-0.4, -0.2) is 6.04 Å². The van der Waals surface area contributed by atoms with E-state index in [1.165, 1.54) is 11.1 Å². The van der Waals surface area contributed by atoms with Gasteiger partial charge in [-0.2, -0.15) is 0 Å². The molecule has 0 saturated carbocycles. The Labute approximate surface area is 105 Å². The summed E-state index contributed by atoms with van der Waals surface area (Å²) in [6.07, 6.45) is 6.28. The molecule has 0 aromatic heterocycles. The molecule has 0 spiro atoms. The van der Waals surface area contributed by atoms with E-state index in [4.69, 9.17) is 5.73 Å². The summed E-state index contributed by atoms with van der Waals surface area (Å²) < 4.78 is 0. The molecular weight excluding hydrogens is 206 g/mol. The number of benzene rings is 1. The molecule has 2 N–H and O–H groups in total. The average molecular weight is 229 g/mol. The maximum atomic E-state index is 6.20. The zero-order chi connectivity index (χ0) is 12.7. The zero-order valence-corrected chi connectivity index (χ0v) is 10.9. The van der Waals surface area contributed by atoms with E-state index in [9.17, 15) is 0 Å². The van der Waals surface area contributed by atoms with Crippen molar-refractivity contribution in [2.45, 2.75) is 38.6 Å². The van der Waals surface area contributed by atoms with Gasteiger partial charge in [0.2, 0.25) is 0 Å². The molecule has 1 rings (SSSR count). The standard InChI is InChI=1S/C16H23N/c1-4-10-13(5-2)16(15(17)6-3)14-11-8-7-9-12-14/h5-9,11-12,15-16H,3-4,10,17H2,1-2H3/b13-5+. The Bertz CT molecular complexity index is 364. The summed E-state index contributed by atoms with van der Waals surface area (Å²) >= 11 is 0. The minimum absolute atomic E-state index is 0.0184. The van der Waals surface area contributed by atoms with E-state index in [1.54, 1.807) is 0 Å². The molecule has 0 amide bonds. The summed E-state index contributed by atoms with van der Waals surface area (Å²) in [4.78, 5) is 0. The van der Waals surface area contributed by atoms with Gasteiger partial charge < -0.3 is 5.73 Å². The lowest BCUT2D eigenvalue weighted by Gasteiger charge is -2.25. The lowest BCUT2D eigenvalue weighted by atomic mass is 9.83. The smallest absolute Gasteiger partial charge is 0.0328 e. The van der Waals surface area contributed by atoms with Gasteiger partial charge in [-0.25, -0.2) is 0 Å². The quantitative estimate of drug-likeness (QED) is 0.732. The molecule has 0 aliphatic carbocycles. The Kier molecular flexibility index (Phi) is 5.71. The van der Waals surface area contributed by atoms with Gasteiger partial charge in [-0.05, 0) is 18.9 Å². The van der Waals surface area contributed by atoms with Gasteiger partial charge >= 0.3 is 0 Å². The SMILES string of the molecule is C=CC(N)C(/C(=C/C)CCC)c1ccccc1. The molecule has 17 heavy (non-hydrogen) atoms. The number of allylic oxidation sites excluding steroid dienone is 1. The highest BCUT2D eigenvalue weighted by Crippen LogP contribution is 2.30. The van der Waals surface area contributed by atoms with Crippen molar-refractivity contribution in [3.8, 4) is 0 Å². The monoisotopic (exact) mass is 229 g/mol. The molecule has 0 aliphatic rings. The molecule has 0 aliphatic heterocycles. The van der Waals surface area contributed by atoms with Gasteiger partial charge in [-0.3, -0.25) is 0 Å². The Morgan fingerprint density at radius 3 is 2.47 bits per heavy atom. The van der Waals surface area contributed by atoms with Crippen LogP contribution in [0, 0.1) is 0 Å². The third-order valence-corrected chi connectivity index (χ3v) is 3.12. The first-order chi connectivity index (χ1) is 8.24. The molecule has 1 heteroatoms. The summed E-state index contributed by atoms with van der Waals surface area (Å²) in [5.74, 6) is 0.263. The van der Waals surface area contributed by atoms with Gasteiger partial charge in [0.25, 0.3) is 0 Å². The summed E-state index contributed by atoms with van der Waals surface area (Å²) in [6, 6.07) is 10.4. The summed E-state index contributed by atoms with van der Waals surface area (Å²) in [5.41, 5.74) is 8.88. The van der Waals surface area contributed by atoms with E-state index in [1.807, 2.05) is 12.1 Å². The highest BCUT2D eigenvalue weighted by Gasteiger charge is 2.20. The van der Waals surface area contributed by atoms with Crippen LogP contribution in [0.15, 0.2) is 54.6 Å². The van der Waals surface area contributed by atoms with Crippen molar-refractivity contribution in [3.05, 3.63) is 60.2 Å². The van der Waals surface area contributed by atoms with Crippen LogP contribution in [0.5, 0.6) is 0 Å². The van der Waals surface area contributed by atoms with Crippen LogP contribution in [0.4, 0.5) is 0 Å². The first kappa shape index (κ1) is 13.7. The molecular formula is C16H23N. The van der Waals surface area contributed by atoms with Crippen molar-refractivity contribution in [2.75, 3.05) is 0 Å². The van der Waals surface area contributed by atoms with Crippen LogP contribution < -0.4 is 5.73 Å². The van der Waals surface area contributed by atoms with E-state index in [-0.39, 0.29) is 12.0 Å². The van der Waals surface area contributed by atoms with Crippen LogP contribution in [0.1, 0.15) is 38.2 Å². The average Bonchev–Trinajstić information content (AvgIpc) is 2.39. The first-order valence-corrected chi connectivity index (χ1v) is 6.32. The van der Waals surface area contributed by atoms with Crippen LogP contribution >= 0.6 is 0 Å². The molecule has 2 unspecified atom stereocenters. The largest absolute Gasteiger partial charge is 0.324 e. The summed E-state index contributed by atoms with van der Waals surface area (Å²) in [5, 5.41) is 0. The minimum atomic E-state index is -0.0184. The fourth-order valence-corrected chi connectivity index (χ4v) is 2.25. The molecule has 0 fully saturated rings. The van der Waals surface area contributed by atoms with Crippen LogP contribution in [0.3, 0.4) is 0 Å². The highest BCUT2D eigenvalue weighted by atomic mass is 14.6. The van der Waals surface area contributed by atoms with E-state index in [0.29, 0.717) is 0 Å². The van der Waals surface area contributed by atoms with Crippen molar-refractivity contribution < 1.29 is 0 Å². The Hall–Kier alpha value is -1.34. The van der Waals surface area contributed by atoms with E-state index < -0.39 is 0 Å². The number of rotatable bonds is 6. The fraction of sp³-hybridized carbons (Fsp3) is 0.375. The third kappa shape index (κ3) is 3.57. The van der Waals surface area contributed by atoms with Crippen molar-refractivity contribution in [2.24, 2.45) is 5.73 Å².